The van der Waals surface area contributed by atoms with E-state index in [9.17, 15) is 10.1 Å². The van der Waals surface area contributed by atoms with Gasteiger partial charge in [0, 0.05) is 24.2 Å². The largest absolute Gasteiger partial charge is 0.424 e. The standard InChI is InChI=1S/C11H14N4O3/c1-11(2,12)6-13-10-14-8-5-7(15(16)17)3-4-9(8)18-10/h3-5H,6,12H2,1-2H3,(H,13,14). The number of nitro benzene ring substituents is 1. The highest BCUT2D eigenvalue weighted by atomic mass is 16.6. The molecule has 0 amide bonds. The maximum Gasteiger partial charge on any atom is 0.295 e. The van der Waals surface area contributed by atoms with E-state index in [0.717, 1.165) is 0 Å². The number of rotatable bonds is 4. The fourth-order valence-electron chi connectivity index (χ4n) is 1.41. The van der Waals surface area contributed by atoms with Gasteiger partial charge in [0.15, 0.2) is 5.58 Å². The highest BCUT2D eigenvalue weighted by molar-refractivity contribution is 5.77. The lowest BCUT2D eigenvalue weighted by molar-refractivity contribution is -0.384. The van der Waals surface area contributed by atoms with Gasteiger partial charge in [-0.3, -0.25) is 10.1 Å². The molecule has 7 heteroatoms. The number of benzene rings is 1. The van der Waals surface area contributed by atoms with Crippen LogP contribution in [0.3, 0.4) is 0 Å². The first-order valence-electron chi connectivity index (χ1n) is 5.43. The minimum atomic E-state index is -0.468. The number of aromatic nitrogens is 1. The minimum absolute atomic E-state index is 0.0125. The number of anilines is 1. The fourth-order valence-corrected chi connectivity index (χ4v) is 1.41. The zero-order chi connectivity index (χ0) is 13.3. The van der Waals surface area contributed by atoms with Gasteiger partial charge in [-0.25, -0.2) is 0 Å². The molecular formula is C11H14N4O3. The molecule has 0 radical (unpaired) electrons. The van der Waals surface area contributed by atoms with Crippen molar-refractivity contribution in [3.8, 4) is 0 Å². The van der Waals surface area contributed by atoms with Crippen molar-refractivity contribution < 1.29 is 9.34 Å². The summed E-state index contributed by atoms with van der Waals surface area (Å²) in [5.74, 6) is 0. The van der Waals surface area contributed by atoms with Crippen molar-refractivity contribution in [2.45, 2.75) is 19.4 Å². The van der Waals surface area contributed by atoms with Gasteiger partial charge in [-0.1, -0.05) is 0 Å². The first-order chi connectivity index (χ1) is 8.35. The van der Waals surface area contributed by atoms with Crippen molar-refractivity contribution in [3.63, 3.8) is 0 Å². The van der Waals surface area contributed by atoms with Crippen molar-refractivity contribution >= 4 is 22.8 Å². The van der Waals surface area contributed by atoms with Crippen molar-refractivity contribution in [3.05, 3.63) is 28.3 Å². The van der Waals surface area contributed by atoms with Crippen LogP contribution in [0.4, 0.5) is 11.7 Å². The molecule has 1 heterocycles. The number of nitro groups is 1. The van der Waals surface area contributed by atoms with Crippen molar-refractivity contribution in [1.82, 2.24) is 4.98 Å². The Morgan fingerprint density at radius 2 is 2.28 bits per heavy atom. The Morgan fingerprint density at radius 3 is 2.89 bits per heavy atom. The van der Waals surface area contributed by atoms with Crippen molar-refractivity contribution in [1.29, 1.82) is 0 Å². The summed E-state index contributed by atoms with van der Waals surface area (Å²) in [5, 5.41) is 13.6. The first-order valence-corrected chi connectivity index (χ1v) is 5.43. The van der Waals surface area contributed by atoms with Gasteiger partial charge in [0.05, 0.1) is 4.92 Å². The molecule has 1 aromatic heterocycles. The van der Waals surface area contributed by atoms with Gasteiger partial charge in [-0.05, 0) is 19.9 Å². The number of fused-ring (bicyclic) bond motifs is 1. The van der Waals surface area contributed by atoms with Gasteiger partial charge in [0.2, 0.25) is 0 Å². The summed E-state index contributed by atoms with van der Waals surface area (Å²) in [6.45, 7) is 4.23. The molecular weight excluding hydrogens is 236 g/mol. The third-order valence-electron chi connectivity index (χ3n) is 2.28. The number of oxazole rings is 1. The summed E-state index contributed by atoms with van der Waals surface area (Å²) in [4.78, 5) is 14.3. The molecule has 0 atom stereocenters. The molecule has 0 aliphatic carbocycles. The minimum Gasteiger partial charge on any atom is -0.424 e. The zero-order valence-electron chi connectivity index (χ0n) is 10.1. The smallest absolute Gasteiger partial charge is 0.295 e. The van der Waals surface area contributed by atoms with E-state index in [1.807, 2.05) is 13.8 Å². The average Bonchev–Trinajstić information content (AvgIpc) is 2.66. The monoisotopic (exact) mass is 250 g/mol. The van der Waals surface area contributed by atoms with Gasteiger partial charge < -0.3 is 15.5 Å². The fraction of sp³-hybridized carbons (Fsp3) is 0.364. The number of nitrogens with two attached hydrogens (primary N) is 1. The highest BCUT2D eigenvalue weighted by Gasteiger charge is 2.14. The second-order valence-electron chi connectivity index (χ2n) is 4.77. The Hall–Kier alpha value is -2.15. The maximum absolute atomic E-state index is 10.6. The highest BCUT2D eigenvalue weighted by Crippen LogP contribution is 2.23. The van der Waals surface area contributed by atoms with E-state index in [2.05, 4.69) is 10.3 Å². The number of hydrogen-bond donors (Lipinski definition) is 2. The topological polar surface area (TPSA) is 107 Å². The summed E-state index contributed by atoms with van der Waals surface area (Å²) in [6.07, 6.45) is 0. The van der Waals surface area contributed by atoms with Gasteiger partial charge in [-0.15, -0.1) is 0 Å². The maximum atomic E-state index is 10.6. The molecule has 0 saturated heterocycles. The Bertz CT molecular complexity index is 585. The van der Waals surface area contributed by atoms with Crippen LogP contribution in [0.15, 0.2) is 22.6 Å². The molecule has 0 fully saturated rings. The van der Waals surface area contributed by atoms with E-state index >= 15 is 0 Å². The van der Waals surface area contributed by atoms with Crippen LogP contribution in [-0.4, -0.2) is 22.0 Å². The molecule has 0 saturated carbocycles. The molecule has 3 N–H and O–H groups in total. The number of non-ortho nitro benzene ring substituents is 1. The predicted octanol–water partition coefficient (Wildman–Crippen LogP) is 1.89. The van der Waals surface area contributed by atoms with Crippen LogP contribution in [0.5, 0.6) is 0 Å². The van der Waals surface area contributed by atoms with Crippen molar-refractivity contribution in [2.75, 3.05) is 11.9 Å². The van der Waals surface area contributed by atoms with Crippen LogP contribution in [0, 0.1) is 10.1 Å². The van der Waals surface area contributed by atoms with Crippen LogP contribution in [0.25, 0.3) is 11.1 Å². The summed E-state index contributed by atoms with van der Waals surface area (Å²) >= 11 is 0. The molecule has 18 heavy (non-hydrogen) atoms. The van der Waals surface area contributed by atoms with E-state index in [0.29, 0.717) is 23.7 Å². The van der Waals surface area contributed by atoms with E-state index < -0.39 is 10.5 Å². The second kappa shape index (κ2) is 4.26. The van der Waals surface area contributed by atoms with Gasteiger partial charge in [0.25, 0.3) is 11.7 Å². The van der Waals surface area contributed by atoms with E-state index in [-0.39, 0.29) is 5.69 Å². The molecule has 0 spiro atoms. The molecule has 2 aromatic rings. The third kappa shape index (κ3) is 2.75. The quantitative estimate of drug-likeness (QED) is 0.633. The van der Waals surface area contributed by atoms with Gasteiger partial charge >= 0.3 is 0 Å². The Kier molecular flexibility index (Phi) is 2.92. The predicted molar refractivity (Wildman–Crippen MR) is 67.4 cm³/mol. The summed E-state index contributed by atoms with van der Waals surface area (Å²) < 4.78 is 5.40. The molecule has 7 nitrogen and oxygen atoms in total. The molecule has 2 rings (SSSR count). The summed E-state index contributed by atoms with van der Waals surface area (Å²) in [6, 6.07) is 4.59. The molecule has 0 bridgehead atoms. The number of nitrogens with zero attached hydrogens (tertiary/aromatic N) is 2. The molecule has 0 aliphatic rings. The molecule has 0 aliphatic heterocycles. The third-order valence-corrected chi connectivity index (χ3v) is 2.28. The second-order valence-corrected chi connectivity index (χ2v) is 4.77. The lowest BCUT2D eigenvalue weighted by Crippen LogP contribution is -2.39. The average molecular weight is 250 g/mol. The lowest BCUT2D eigenvalue weighted by atomic mass is 10.1. The van der Waals surface area contributed by atoms with Crippen LogP contribution in [-0.2, 0) is 0 Å². The van der Waals surface area contributed by atoms with Gasteiger partial charge in [-0.2, -0.15) is 4.98 Å². The zero-order valence-corrected chi connectivity index (χ0v) is 10.1. The van der Waals surface area contributed by atoms with Crippen molar-refractivity contribution in [2.24, 2.45) is 5.73 Å². The molecule has 0 unspecified atom stereocenters. The molecule has 96 valence electrons. The van der Waals surface area contributed by atoms with E-state index in [4.69, 9.17) is 10.2 Å². The molecule has 1 aromatic carbocycles. The summed E-state index contributed by atoms with van der Waals surface area (Å²) in [5.41, 5.74) is 6.36. The van der Waals surface area contributed by atoms with Crippen LogP contribution in [0.1, 0.15) is 13.8 Å². The number of nitrogens with one attached hydrogen (secondary N) is 1. The van der Waals surface area contributed by atoms with E-state index in [1.165, 1.54) is 18.2 Å². The van der Waals surface area contributed by atoms with Crippen LogP contribution < -0.4 is 11.1 Å². The Labute approximate surface area is 103 Å². The van der Waals surface area contributed by atoms with Crippen LogP contribution in [0.2, 0.25) is 0 Å². The number of hydrogen-bond acceptors (Lipinski definition) is 6. The summed E-state index contributed by atoms with van der Waals surface area (Å²) in [7, 11) is 0. The van der Waals surface area contributed by atoms with Crippen LogP contribution >= 0.6 is 0 Å². The SMILES string of the molecule is CC(C)(N)CNc1nc2cc([N+](=O)[O-])ccc2o1. The normalized spacial score (nSPS) is 11.7. The Balaban J connectivity index is 2.24. The lowest BCUT2D eigenvalue weighted by Gasteiger charge is -2.17. The van der Waals surface area contributed by atoms with Gasteiger partial charge in [0.1, 0.15) is 5.52 Å². The first kappa shape index (κ1) is 12.3. The van der Waals surface area contributed by atoms with E-state index in [1.54, 1.807) is 0 Å². The Morgan fingerprint density at radius 1 is 1.56 bits per heavy atom.